The van der Waals surface area contributed by atoms with Crippen molar-refractivity contribution in [3.8, 4) is 23.0 Å². The van der Waals surface area contributed by atoms with Crippen LogP contribution in [0.4, 0.5) is 0 Å². The first-order valence-corrected chi connectivity index (χ1v) is 8.60. The molecule has 3 N–H and O–H groups in total. The molecule has 3 aromatic rings. The summed E-state index contributed by atoms with van der Waals surface area (Å²) in [5.74, 6) is 1.57. The van der Waals surface area contributed by atoms with Gasteiger partial charge in [-0.1, -0.05) is 17.8 Å². The van der Waals surface area contributed by atoms with E-state index >= 15 is 0 Å². The summed E-state index contributed by atoms with van der Waals surface area (Å²) in [4.78, 5) is 12.8. The lowest BCUT2D eigenvalue weighted by Crippen LogP contribution is -2.12. The summed E-state index contributed by atoms with van der Waals surface area (Å²) in [6, 6.07) is 19.3. The highest BCUT2D eigenvalue weighted by Gasteiger charge is 2.13. The van der Waals surface area contributed by atoms with Crippen LogP contribution < -0.4 is 15.2 Å². The lowest BCUT2D eigenvalue weighted by molar-refractivity contribution is 0.0997. The maximum absolute atomic E-state index is 11.5. The van der Waals surface area contributed by atoms with Crippen LogP contribution in [0.25, 0.3) is 0 Å². The minimum Gasteiger partial charge on any atom is -0.507 e. The third kappa shape index (κ3) is 4.10. The van der Waals surface area contributed by atoms with Crippen LogP contribution in [0, 0.1) is 0 Å². The Labute approximate surface area is 155 Å². The molecule has 1 amide bonds. The Balaban J connectivity index is 1.75. The molecule has 3 rings (SSSR count). The number of primary amides is 1. The molecule has 0 atom stereocenters. The van der Waals surface area contributed by atoms with E-state index in [1.54, 1.807) is 19.2 Å². The number of aromatic hydroxyl groups is 1. The number of ether oxygens (including phenoxy) is 2. The van der Waals surface area contributed by atoms with Crippen molar-refractivity contribution in [1.29, 1.82) is 0 Å². The van der Waals surface area contributed by atoms with Gasteiger partial charge in [-0.25, -0.2) is 0 Å². The number of carbonyl (C=O) groups excluding carboxylic acids is 1. The summed E-state index contributed by atoms with van der Waals surface area (Å²) in [5.41, 5.74) is 5.66. The van der Waals surface area contributed by atoms with Gasteiger partial charge in [-0.3, -0.25) is 4.79 Å². The number of hydrogen-bond donors (Lipinski definition) is 2. The first-order chi connectivity index (χ1) is 12.6. The van der Waals surface area contributed by atoms with Crippen LogP contribution in [0.1, 0.15) is 10.4 Å². The van der Waals surface area contributed by atoms with Gasteiger partial charge in [0.05, 0.1) is 17.6 Å². The van der Waals surface area contributed by atoms with Crippen molar-refractivity contribution < 1.29 is 19.4 Å². The number of rotatable bonds is 6. The summed E-state index contributed by atoms with van der Waals surface area (Å²) < 4.78 is 10.9. The molecule has 0 aliphatic heterocycles. The molecule has 0 aliphatic rings. The summed E-state index contributed by atoms with van der Waals surface area (Å²) in [6.07, 6.45) is 0. The van der Waals surface area contributed by atoms with Crippen molar-refractivity contribution in [2.75, 3.05) is 7.11 Å². The SMILES string of the molecule is COc1ccc(Oc2ccc(Sc3c(O)cccc3C(N)=O)cc2)cc1. The summed E-state index contributed by atoms with van der Waals surface area (Å²) >= 11 is 1.27. The van der Waals surface area contributed by atoms with Gasteiger partial charge in [-0.05, 0) is 60.7 Å². The number of carbonyl (C=O) groups is 1. The molecule has 0 radical (unpaired) electrons. The Morgan fingerprint density at radius 3 is 2.08 bits per heavy atom. The van der Waals surface area contributed by atoms with E-state index in [0.29, 0.717) is 16.4 Å². The lowest BCUT2D eigenvalue weighted by Gasteiger charge is -2.10. The number of amides is 1. The van der Waals surface area contributed by atoms with Crippen molar-refractivity contribution in [3.63, 3.8) is 0 Å². The van der Waals surface area contributed by atoms with Gasteiger partial charge >= 0.3 is 0 Å². The summed E-state index contributed by atoms with van der Waals surface area (Å²) in [7, 11) is 1.61. The van der Waals surface area contributed by atoms with Crippen LogP contribution in [-0.4, -0.2) is 18.1 Å². The van der Waals surface area contributed by atoms with Gasteiger partial charge in [0.2, 0.25) is 5.91 Å². The van der Waals surface area contributed by atoms with E-state index in [1.807, 2.05) is 48.5 Å². The van der Waals surface area contributed by atoms with Crippen LogP contribution in [0.15, 0.2) is 76.5 Å². The van der Waals surface area contributed by atoms with Gasteiger partial charge in [0.15, 0.2) is 0 Å². The molecule has 26 heavy (non-hydrogen) atoms. The Hall–Kier alpha value is -3.12. The molecular formula is C20H17NO4S. The number of nitrogens with two attached hydrogens (primary N) is 1. The molecule has 0 saturated carbocycles. The largest absolute Gasteiger partial charge is 0.507 e. The summed E-state index contributed by atoms with van der Waals surface area (Å²) in [5, 5.41) is 10.0. The van der Waals surface area contributed by atoms with E-state index in [1.165, 1.54) is 17.8 Å². The average Bonchev–Trinajstić information content (AvgIpc) is 2.65. The third-order valence-electron chi connectivity index (χ3n) is 3.60. The monoisotopic (exact) mass is 367 g/mol. The minimum absolute atomic E-state index is 0.0184. The van der Waals surface area contributed by atoms with E-state index in [9.17, 15) is 9.90 Å². The number of methoxy groups -OCH3 is 1. The molecule has 0 saturated heterocycles. The fourth-order valence-corrected chi connectivity index (χ4v) is 3.26. The molecule has 3 aromatic carbocycles. The zero-order chi connectivity index (χ0) is 18.5. The van der Waals surface area contributed by atoms with E-state index in [-0.39, 0.29) is 11.3 Å². The van der Waals surface area contributed by atoms with E-state index in [2.05, 4.69) is 0 Å². The Kier molecular flexibility index (Phi) is 5.34. The van der Waals surface area contributed by atoms with E-state index < -0.39 is 5.91 Å². The molecule has 6 heteroatoms. The molecule has 0 spiro atoms. The number of phenolic OH excluding ortho intramolecular Hbond substituents is 1. The van der Waals surface area contributed by atoms with Crippen LogP contribution >= 0.6 is 11.8 Å². The van der Waals surface area contributed by atoms with Crippen molar-refractivity contribution in [2.45, 2.75) is 9.79 Å². The predicted octanol–water partition coefficient (Wildman–Crippen LogP) is 4.44. The topological polar surface area (TPSA) is 81.8 Å². The van der Waals surface area contributed by atoms with Gasteiger partial charge in [0.25, 0.3) is 0 Å². The highest BCUT2D eigenvalue weighted by molar-refractivity contribution is 7.99. The molecule has 5 nitrogen and oxygen atoms in total. The molecule has 0 unspecified atom stereocenters. The van der Waals surface area contributed by atoms with Gasteiger partial charge < -0.3 is 20.3 Å². The highest BCUT2D eigenvalue weighted by Crippen LogP contribution is 2.37. The van der Waals surface area contributed by atoms with Crippen molar-refractivity contribution in [2.24, 2.45) is 5.73 Å². The lowest BCUT2D eigenvalue weighted by atomic mass is 10.2. The first kappa shape index (κ1) is 17.7. The second kappa shape index (κ2) is 7.84. The second-order valence-corrected chi connectivity index (χ2v) is 6.45. The zero-order valence-corrected chi connectivity index (χ0v) is 14.8. The Bertz CT molecular complexity index is 908. The maximum atomic E-state index is 11.5. The number of benzene rings is 3. The molecular weight excluding hydrogens is 350 g/mol. The quantitative estimate of drug-likeness (QED) is 0.673. The molecule has 0 bridgehead atoms. The maximum Gasteiger partial charge on any atom is 0.249 e. The third-order valence-corrected chi connectivity index (χ3v) is 4.74. The predicted molar refractivity (Wildman–Crippen MR) is 100 cm³/mol. The fraction of sp³-hybridized carbons (Fsp3) is 0.0500. The minimum atomic E-state index is -0.581. The molecule has 132 valence electrons. The van der Waals surface area contributed by atoms with Gasteiger partial charge in [-0.15, -0.1) is 0 Å². The molecule has 0 aliphatic carbocycles. The number of phenols is 1. The summed E-state index contributed by atoms with van der Waals surface area (Å²) in [6.45, 7) is 0. The zero-order valence-electron chi connectivity index (χ0n) is 14.0. The van der Waals surface area contributed by atoms with Crippen LogP contribution in [-0.2, 0) is 0 Å². The van der Waals surface area contributed by atoms with Crippen molar-refractivity contribution >= 4 is 17.7 Å². The van der Waals surface area contributed by atoms with E-state index in [0.717, 1.165) is 10.6 Å². The molecule has 0 aromatic heterocycles. The van der Waals surface area contributed by atoms with E-state index in [4.69, 9.17) is 15.2 Å². The standard InChI is InChI=1S/C20H17NO4S/c1-24-13-5-7-14(8-6-13)25-15-9-11-16(12-10-15)26-19-17(20(21)23)3-2-4-18(19)22/h2-12,22H,1H3,(H2,21,23). The van der Waals surface area contributed by atoms with Crippen LogP contribution in [0.2, 0.25) is 0 Å². The Morgan fingerprint density at radius 2 is 1.50 bits per heavy atom. The smallest absolute Gasteiger partial charge is 0.249 e. The van der Waals surface area contributed by atoms with Crippen LogP contribution in [0.5, 0.6) is 23.0 Å². The van der Waals surface area contributed by atoms with Crippen molar-refractivity contribution in [3.05, 3.63) is 72.3 Å². The van der Waals surface area contributed by atoms with Gasteiger partial charge in [-0.2, -0.15) is 0 Å². The van der Waals surface area contributed by atoms with Gasteiger partial charge in [0, 0.05) is 4.90 Å². The Morgan fingerprint density at radius 1 is 0.923 bits per heavy atom. The van der Waals surface area contributed by atoms with Gasteiger partial charge in [0.1, 0.15) is 23.0 Å². The van der Waals surface area contributed by atoms with Crippen molar-refractivity contribution in [1.82, 2.24) is 0 Å². The average molecular weight is 367 g/mol. The highest BCUT2D eigenvalue weighted by atomic mass is 32.2. The van der Waals surface area contributed by atoms with Crippen LogP contribution in [0.3, 0.4) is 0 Å². The molecule has 0 heterocycles. The fourth-order valence-electron chi connectivity index (χ4n) is 2.30. The first-order valence-electron chi connectivity index (χ1n) is 7.78. The molecule has 0 fully saturated rings. The second-order valence-electron chi connectivity index (χ2n) is 5.37. The normalized spacial score (nSPS) is 10.3. The number of hydrogen-bond acceptors (Lipinski definition) is 5.